The molecule has 1 aromatic rings. The summed E-state index contributed by atoms with van der Waals surface area (Å²) in [5.74, 6) is 0.474. The molecule has 100 valence electrons. The number of aryl methyl sites for hydroxylation is 1. The van der Waals surface area contributed by atoms with Gasteiger partial charge in [0.05, 0.1) is 11.0 Å². The second-order valence-electron chi connectivity index (χ2n) is 4.14. The molecule has 0 saturated carbocycles. The predicted octanol–water partition coefficient (Wildman–Crippen LogP) is 1.87. The van der Waals surface area contributed by atoms with Gasteiger partial charge in [-0.15, -0.1) is 0 Å². The summed E-state index contributed by atoms with van der Waals surface area (Å²) in [5.41, 5.74) is 0.591. The van der Waals surface area contributed by atoms with Crippen LogP contribution in [0.2, 0.25) is 0 Å². The van der Waals surface area contributed by atoms with Crippen LogP contribution in [0.25, 0.3) is 0 Å². The minimum Gasteiger partial charge on any atom is -0.370 e. The van der Waals surface area contributed by atoms with Crippen LogP contribution < -0.4 is 5.32 Å². The van der Waals surface area contributed by atoms with Crippen LogP contribution in [0.15, 0.2) is 12.3 Å². The Hall–Kier alpha value is -1.50. The van der Waals surface area contributed by atoms with Gasteiger partial charge in [0.15, 0.2) is 0 Å². The summed E-state index contributed by atoms with van der Waals surface area (Å²) in [5, 5.41) is 13.9. The largest absolute Gasteiger partial charge is 0.370 e. The maximum absolute atomic E-state index is 11.2. The number of hydrogen-bond acceptors (Lipinski definition) is 5. The average Bonchev–Trinajstić information content (AvgIpc) is 2.30. The zero-order chi connectivity index (χ0) is 13.7. The number of anilines is 1. The Kier molecular flexibility index (Phi) is 5.21. The van der Waals surface area contributed by atoms with E-state index in [9.17, 15) is 14.3 Å². The highest BCUT2D eigenvalue weighted by atomic mass is 32.2. The topological polar surface area (TPSA) is 85.1 Å². The molecule has 7 heteroatoms. The molecule has 6 nitrogen and oxygen atoms in total. The molecule has 0 amide bonds. The molecule has 0 aliphatic heterocycles. The van der Waals surface area contributed by atoms with Gasteiger partial charge in [0.1, 0.15) is 5.82 Å². The van der Waals surface area contributed by atoms with E-state index in [1.165, 1.54) is 12.3 Å². The standard InChI is InChI=1S/C11H17N3O3S/c1-8-7-13-11(6-10(8)14(15)16)12-5-4-9(2)18(3)17/h6-7,9H,4-5H2,1-3H3,(H,12,13). The molecule has 2 atom stereocenters. The van der Waals surface area contributed by atoms with Gasteiger partial charge in [-0.25, -0.2) is 4.98 Å². The van der Waals surface area contributed by atoms with Crippen molar-refractivity contribution in [1.82, 2.24) is 4.98 Å². The summed E-state index contributed by atoms with van der Waals surface area (Å²) in [6, 6.07) is 1.42. The molecule has 0 radical (unpaired) electrons. The fourth-order valence-corrected chi connectivity index (χ4v) is 1.83. The van der Waals surface area contributed by atoms with Crippen molar-refractivity contribution in [3.63, 3.8) is 0 Å². The van der Waals surface area contributed by atoms with Gasteiger partial charge in [0, 0.05) is 40.6 Å². The molecule has 1 N–H and O–H groups in total. The number of nitro groups is 1. The Bertz CT molecular complexity index is 465. The Balaban J connectivity index is 2.61. The first-order valence-corrected chi connectivity index (χ1v) is 7.21. The molecule has 1 rings (SSSR count). The Morgan fingerprint density at radius 1 is 1.61 bits per heavy atom. The lowest BCUT2D eigenvalue weighted by molar-refractivity contribution is -0.385. The van der Waals surface area contributed by atoms with E-state index in [0.717, 1.165) is 6.42 Å². The van der Waals surface area contributed by atoms with Gasteiger partial charge in [0.2, 0.25) is 0 Å². The minimum absolute atomic E-state index is 0.0552. The van der Waals surface area contributed by atoms with Gasteiger partial charge >= 0.3 is 0 Å². The van der Waals surface area contributed by atoms with Crippen LogP contribution in [0.5, 0.6) is 0 Å². The molecular weight excluding hydrogens is 254 g/mol. The second-order valence-corrected chi connectivity index (χ2v) is 5.94. The number of nitrogens with zero attached hydrogens (tertiary/aromatic N) is 2. The van der Waals surface area contributed by atoms with Crippen molar-refractivity contribution in [3.8, 4) is 0 Å². The van der Waals surface area contributed by atoms with Gasteiger partial charge in [0.25, 0.3) is 5.69 Å². The van der Waals surface area contributed by atoms with Crippen LogP contribution in [0.1, 0.15) is 18.9 Å². The molecule has 0 bridgehead atoms. The minimum atomic E-state index is -0.852. The summed E-state index contributed by atoms with van der Waals surface area (Å²) in [6.07, 6.45) is 3.87. The van der Waals surface area contributed by atoms with E-state index in [0.29, 0.717) is 17.9 Å². The zero-order valence-electron chi connectivity index (χ0n) is 10.7. The van der Waals surface area contributed by atoms with Gasteiger partial charge < -0.3 is 5.32 Å². The average molecular weight is 271 g/mol. The van der Waals surface area contributed by atoms with Gasteiger partial charge in [-0.05, 0) is 13.3 Å². The van der Waals surface area contributed by atoms with Crippen molar-refractivity contribution < 1.29 is 9.13 Å². The first-order chi connectivity index (χ1) is 8.41. The van der Waals surface area contributed by atoms with Crippen molar-refractivity contribution in [3.05, 3.63) is 27.9 Å². The molecule has 1 heterocycles. The Morgan fingerprint density at radius 2 is 2.28 bits per heavy atom. The lowest BCUT2D eigenvalue weighted by Gasteiger charge is -2.09. The molecule has 2 unspecified atom stereocenters. The van der Waals surface area contributed by atoms with Gasteiger partial charge in [-0.2, -0.15) is 0 Å². The van der Waals surface area contributed by atoms with E-state index >= 15 is 0 Å². The molecule has 0 fully saturated rings. The summed E-state index contributed by atoms with van der Waals surface area (Å²) in [4.78, 5) is 14.4. The van der Waals surface area contributed by atoms with Crippen molar-refractivity contribution in [2.45, 2.75) is 25.5 Å². The second kappa shape index (κ2) is 6.44. The number of aromatic nitrogens is 1. The molecule has 18 heavy (non-hydrogen) atoms. The highest BCUT2D eigenvalue weighted by Gasteiger charge is 2.12. The van der Waals surface area contributed by atoms with E-state index in [1.54, 1.807) is 13.2 Å². The highest BCUT2D eigenvalue weighted by Crippen LogP contribution is 2.19. The fourth-order valence-electron chi connectivity index (χ4n) is 1.38. The quantitative estimate of drug-likeness (QED) is 0.630. The van der Waals surface area contributed by atoms with E-state index < -0.39 is 15.7 Å². The number of rotatable bonds is 6. The van der Waals surface area contributed by atoms with Gasteiger partial charge in [-0.1, -0.05) is 6.92 Å². The van der Waals surface area contributed by atoms with E-state index in [1.807, 2.05) is 6.92 Å². The van der Waals surface area contributed by atoms with Crippen molar-refractivity contribution >= 4 is 22.3 Å². The fraction of sp³-hybridized carbons (Fsp3) is 0.545. The Morgan fingerprint density at radius 3 is 2.83 bits per heavy atom. The molecule has 1 aromatic heterocycles. The van der Waals surface area contributed by atoms with Crippen molar-refractivity contribution in [1.29, 1.82) is 0 Å². The number of hydrogen-bond donors (Lipinski definition) is 1. The maximum atomic E-state index is 11.2. The molecule has 0 aliphatic rings. The van der Waals surface area contributed by atoms with E-state index in [4.69, 9.17) is 0 Å². The summed E-state index contributed by atoms with van der Waals surface area (Å²) in [7, 11) is -0.852. The van der Waals surface area contributed by atoms with Crippen LogP contribution in [0.4, 0.5) is 11.5 Å². The molecular formula is C11H17N3O3S. The highest BCUT2D eigenvalue weighted by molar-refractivity contribution is 7.84. The number of pyridine rings is 1. The molecule has 0 spiro atoms. The van der Waals surface area contributed by atoms with Crippen LogP contribution in [0.3, 0.4) is 0 Å². The van der Waals surface area contributed by atoms with Crippen LogP contribution in [0, 0.1) is 17.0 Å². The van der Waals surface area contributed by atoms with Crippen molar-refractivity contribution in [2.75, 3.05) is 18.1 Å². The molecule has 0 aromatic carbocycles. The van der Waals surface area contributed by atoms with Crippen LogP contribution in [-0.2, 0) is 10.8 Å². The monoisotopic (exact) mass is 271 g/mol. The maximum Gasteiger partial charge on any atom is 0.277 e. The third-order valence-corrected chi connectivity index (χ3v) is 4.06. The summed E-state index contributed by atoms with van der Waals surface area (Å²) >= 11 is 0. The third-order valence-electron chi connectivity index (χ3n) is 2.70. The SMILES string of the molecule is Cc1cnc(NCCC(C)S(C)=O)cc1[N+](=O)[O-]. The first kappa shape index (κ1) is 14.6. The lowest BCUT2D eigenvalue weighted by Crippen LogP contribution is -2.15. The summed E-state index contributed by atoms with van der Waals surface area (Å²) < 4.78 is 11.2. The number of nitrogens with one attached hydrogen (secondary N) is 1. The molecule has 0 aliphatic carbocycles. The predicted molar refractivity (Wildman–Crippen MR) is 72.3 cm³/mol. The first-order valence-electron chi connectivity index (χ1n) is 5.59. The molecule has 0 saturated heterocycles. The normalized spacial score (nSPS) is 13.9. The van der Waals surface area contributed by atoms with Crippen LogP contribution >= 0.6 is 0 Å². The third kappa shape index (κ3) is 4.06. The van der Waals surface area contributed by atoms with Crippen LogP contribution in [-0.4, -0.2) is 32.2 Å². The smallest absolute Gasteiger partial charge is 0.277 e. The lowest BCUT2D eigenvalue weighted by atomic mass is 10.2. The van der Waals surface area contributed by atoms with E-state index in [-0.39, 0.29) is 10.9 Å². The van der Waals surface area contributed by atoms with Crippen molar-refractivity contribution in [2.24, 2.45) is 0 Å². The summed E-state index contributed by atoms with van der Waals surface area (Å²) in [6.45, 7) is 4.15. The van der Waals surface area contributed by atoms with E-state index in [2.05, 4.69) is 10.3 Å². The van der Waals surface area contributed by atoms with Gasteiger partial charge in [-0.3, -0.25) is 14.3 Å². The Labute approximate surface area is 108 Å². The zero-order valence-corrected chi connectivity index (χ0v) is 11.5.